The molecule has 0 spiro atoms. The number of benzene rings is 2. The minimum Gasteiger partial charge on any atom is -0.454 e. The molecule has 1 heterocycles. The zero-order valence-corrected chi connectivity index (χ0v) is 13.9. The van der Waals surface area contributed by atoms with Gasteiger partial charge in [0.2, 0.25) is 6.79 Å². The van der Waals surface area contributed by atoms with Crippen molar-refractivity contribution >= 4 is 27.5 Å². The summed E-state index contributed by atoms with van der Waals surface area (Å²) in [6.45, 7) is 3.14. The van der Waals surface area contributed by atoms with Gasteiger partial charge in [0.1, 0.15) is 0 Å². The third-order valence-electron chi connectivity index (χ3n) is 3.45. The van der Waals surface area contributed by atoms with Crippen LogP contribution in [0.3, 0.4) is 0 Å². The fourth-order valence-corrected chi connectivity index (χ4v) is 3.09. The molecule has 0 bridgehead atoms. The first-order valence-electron chi connectivity index (χ1n) is 6.70. The molecule has 2 aromatic carbocycles. The molecule has 3 rings (SSSR count). The Morgan fingerprint density at radius 1 is 1.29 bits per heavy atom. The van der Waals surface area contributed by atoms with E-state index in [-0.39, 0.29) is 12.8 Å². The van der Waals surface area contributed by atoms with E-state index in [1.807, 2.05) is 30.3 Å². The summed E-state index contributed by atoms with van der Waals surface area (Å²) in [5.41, 5.74) is 2.31. The van der Waals surface area contributed by atoms with Gasteiger partial charge in [0.15, 0.2) is 11.5 Å². The lowest BCUT2D eigenvalue weighted by Gasteiger charge is -2.15. The van der Waals surface area contributed by atoms with Gasteiger partial charge < -0.3 is 14.8 Å². The lowest BCUT2D eigenvalue weighted by atomic mass is 10.1. The first-order valence-corrected chi connectivity index (χ1v) is 7.87. The zero-order valence-electron chi connectivity index (χ0n) is 11.5. The molecular weight excluding hydrogens is 354 g/mol. The Morgan fingerprint density at radius 2 is 2.14 bits per heavy atom. The van der Waals surface area contributed by atoms with Crippen LogP contribution in [0.5, 0.6) is 11.5 Å². The molecule has 0 aliphatic carbocycles. The van der Waals surface area contributed by atoms with E-state index in [1.165, 1.54) is 5.56 Å². The second-order valence-electron chi connectivity index (χ2n) is 4.97. The van der Waals surface area contributed by atoms with Crippen molar-refractivity contribution < 1.29 is 9.47 Å². The van der Waals surface area contributed by atoms with Crippen LogP contribution in [0.1, 0.15) is 24.1 Å². The lowest BCUT2D eigenvalue weighted by molar-refractivity contribution is 0.173. The summed E-state index contributed by atoms with van der Waals surface area (Å²) in [6.07, 6.45) is 0. The predicted molar refractivity (Wildman–Crippen MR) is 87.0 cm³/mol. The van der Waals surface area contributed by atoms with Gasteiger partial charge in [0.05, 0.1) is 4.47 Å². The SMILES string of the molecule is C[C@@H](NCc1cc(Br)c2c(c1)OCO2)c1cccc(Cl)c1. The monoisotopic (exact) mass is 367 g/mol. The molecule has 5 heteroatoms. The van der Waals surface area contributed by atoms with Crippen LogP contribution >= 0.6 is 27.5 Å². The Hall–Kier alpha value is -1.23. The molecule has 0 saturated heterocycles. The van der Waals surface area contributed by atoms with Crippen LogP contribution in [0.4, 0.5) is 0 Å². The fraction of sp³-hybridized carbons (Fsp3) is 0.250. The highest BCUT2D eigenvalue weighted by atomic mass is 79.9. The lowest BCUT2D eigenvalue weighted by Crippen LogP contribution is -2.18. The Morgan fingerprint density at radius 3 is 2.95 bits per heavy atom. The maximum absolute atomic E-state index is 6.03. The highest BCUT2D eigenvalue weighted by molar-refractivity contribution is 9.10. The predicted octanol–water partition coefficient (Wildman–Crippen LogP) is 4.68. The van der Waals surface area contributed by atoms with E-state index < -0.39 is 0 Å². The molecule has 0 unspecified atom stereocenters. The molecule has 1 aliphatic rings. The number of nitrogens with one attached hydrogen (secondary N) is 1. The van der Waals surface area contributed by atoms with Gasteiger partial charge in [-0.15, -0.1) is 0 Å². The van der Waals surface area contributed by atoms with Crippen molar-refractivity contribution in [2.24, 2.45) is 0 Å². The Balaban J connectivity index is 1.69. The van der Waals surface area contributed by atoms with Crippen LogP contribution in [0.2, 0.25) is 5.02 Å². The minimum absolute atomic E-state index is 0.216. The van der Waals surface area contributed by atoms with Crippen molar-refractivity contribution in [3.63, 3.8) is 0 Å². The van der Waals surface area contributed by atoms with E-state index in [4.69, 9.17) is 21.1 Å². The second-order valence-corrected chi connectivity index (χ2v) is 6.26. The van der Waals surface area contributed by atoms with Crippen LogP contribution in [-0.2, 0) is 6.54 Å². The van der Waals surface area contributed by atoms with E-state index in [2.05, 4.69) is 34.2 Å². The van der Waals surface area contributed by atoms with Gasteiger partial charge in [-0.05, 0) is 58.2 Å². The van der Waals surface area contributed by atoms with Gasteiger partial charge in [-0.1, -0.05) is 23.7 Å². The summed E-state index contributed by atoms with van der Waals surface area (Å²) < 4.78 is 11.7. The van der Waals surface area contributed by atoms with Crippen molar-refractivity contribution in [3.05, 3.63) is 57.0 Å². The van der Waals surface area contributed by atoms with E-state index >= 15 is 0 Å². The molecule has 1 N–H and O–H groups in total. The van der Waals surface area contributed by atoms with E-state index in [0.29, 0.717) is 0 Å². The van der Waals surface area contributed by atoms with Crippen molar-refractivity contribution in [3.8, 4) is 11.5 Å². The Bertz CT molecular complexity index is 663. The molecule has 2 aromatic rings. The van der Waals surface area contributed by atoms with Gasteiger partial charge >= 0.3 is 0 Å². The first-order chi connectivity index (χ1) is 10.1. The molecule has 1 atom stereocenters. The normalized spacial score (nSPS) is 14.2. The van der Waals surface area contributed by atoms with Gasteiger partial charge in [-0.25, -0.2) is 0 Å². The number of hydrogen-bond acceptors (Lipinski definition) is 3. The van der Waals surface area contributed by atoms with Gasteiger partial charge in [-0.2, -0.15) is 0 Å². The topological polar surface area (TPSA) is 30.5 Å². The van der Waals surface area contributed by atoms with Crippen molar-refractivity contribution in [1.82, 2.24) is 5.32 Å². The average Bonchev–Trinajstić information content (AvgIpc) is 2.93. The van der Waals surface area contributed by atoms with Crippen LogP contribution in [-0.4, -0.2) is 6.79 Å². The fourth-order valence-electron chi connectivity index (χ4n) is 2.29. The van der Waals surface area contributed by atoms with E-state index in [9.17, 15) is 0 Å². The number of hydrogen-bond donors (Lipinski definition) is 1. The summed E-state index contributed by atoms with van der Waals surface area (Å²) in [5.74, 6) is 1.57. The van der Waals surface area contributed by atoms with Crippen LogP contribution in [0.15, 0.2) is 40.9 Å². The highest BCUT2D eigenvalue weighted by Crippen LogP contribution is 2.40. The maximum Gasteiger partial charge on any atom is 0.231 e. The van der Waals surface area contributed by atoms with Crippen LogP contribution < -0.4 is 14.8 Å². The second kappa shape index (κ2) is 6.26. The number of halogens is 2. The Kier molecular flexibility index (Phi) is 4.38. The van der Waals surface area contributed by atoms with E-state index in [0.717, 1.165) is 33.1 Å². The molecule has 0 amide bonds. The molecular formula is C16H15BrClNO2. The van der Waals surface area contributed by atoms with E-state index in [1.54, 1.807) is 0 Å². The molecule has 0 saturated carbocycles. The maximum atomic E-state index is 6.03. The molecule has 21 heavy (non-hydrogen) atoms. The largest absolute Gasteiger partial charge is 0.454 e. The average molecular weight is 369 g/mol. The van der Waals surface area contributed by atoms with Crippen LogP contribution in [0.25, 0.3) is 0 Å². The third kappa shape index (κ3) is 3.34. The van der Waals surface area contributed by atoms with Gasteiger partial charge in [0, 0.05) is 17.6 Å². The quantitative estimate of drug-likeness (QED) is 0.850. The number of ether oxygens (including phenoxy) is 2. The van der Waals surface area contributed by atoms with Crippen LogP contribution in [0, 0.1) is 0 Å². The molecule has 3 nitrogen and oxygen atoms in total. The first kappa shape index (κ1) is 14.7. The standard InChI is InChI=1S/C16H15BrClNO2/c1-10(12-3-2-4-13(18)7-12)19-8-11-5-14(17)16-15(6-11)20-9-21-16/h2-7,10,19H,8-9H2,1H3/t10-/m1/s1. The van der Waals surface area contributed by atoms with Gasteiger partial charge in [-0.3, -0.25) is 0 Å². The minimum atomic E-state index is 0.216. The van der Waals surface area contributed by atoms with Crippen molar-refractivity contribution in [2.45, 2.75) is 19.5 Å². The highest BCUT2D eigenvalue weighted by Gasteiger charge is 2.18. The summed E-state index contributed by atoms with van der Waals surface area (Å²) in [7, 11) is 0. The molecule has 0 radical (unpaired) electrons. The summed E-state index contributed by atoms with van der Waals surface area (Å²) in [4.78, 5) is 0. The summed E-state index contributed by atoms with van der Waals surface area (Å²) >= 11 is 9.54. The van der Waals surface area contributed by atoms with Crippen molar-refractivity contribution in [1.29, 1.82) is 0 Å². The Labute approximate surface area is 137 Å². The molecule has 110 valence electrons. The summed E-state index contributed by atoms with van der Waals surface area (Å²) in [5, 5.41) is 4.24. The molecule has 0 fully saturated rings. The third-order valence-corrected chi connectivity index (χ3v) is 4.27. The molecule has 0 aromatic heterocycles. The smallest absolute Gasteiger partial charge is 0.231 e. The summed E-state index contributed by atoms with van der Waals surface area (Å²) in [6, 6.07) is 12.2. The number of fused-ring (bicyclic) bond motifs is 1. The number of rotatable bonds is 4. The zero-order chi connectivity index (χ0) is 14.8. The van der Waals surface area contributed by atoms with Crippen molar-refractivity contribution in [2.75, 3.05) is 6.79 Å². The molecule has 1 aliphatic heterocycles. The van der Waals surface area contributed by atoms with Gasteiger partial charge in [0.25, 0.3) is 0 Å².